The second kappa shape index (κ2) is 6.36. The Labute approximate surface area is 131 Å². The lowest BCUT2D eigenvalue weighted by atomic mass is 10.1. The van der Waals surface area contributed by atoms with Gasteiger partial charge in [0.25, 0.3) is 16.0 Å². The molecule has 0 fully saturated rings. The Morgan fingerprint density at radius 3 is 2.43 bits per heavy atom. The highest BCUT2D eigenvalue weighted by Gasteiger charge is 2.43. The van der Waals surface area contributed by atoms with Crippen molar-refractivity contribution in [3.63, 3.8) is 0 Å². The number of nitrogens with one attached hydrogen (secondary N) is 1. The van der Waals surface area contributed by atoms with Gasteiger partial charge in [-0.1, -0.05) is 0 Å². The lowest BCUT2D eigenvalue weighted by Gasteiger charge is -2.20. The van der Waals surface area contributed by atoms with Gasteiger partial charge in [-0.2, -0.15) is 21.6 Å². The first-order valence-corrected chi connectivity index (χ1v) is 7.90. The summed E-state index contributed by atoms with van der Waals surface area (Å²) < 4.78 is 68.1. The number of carbonyl (C=O) groups excluding carboxylic acids is 1. The highest BCUT2D eigenvalue weighted by molar-refractivity contribution is 14.1. The minimum atomic E-state index is -5.08. The molecule has 0 aliphatic carbocycles. The predicted octanol–water partition coefficient (Wildman–Crippen LogP) is 1.55. The van der Waals surface area contributed by atoms with Gasteiger partial charge in [-0.05, 0) is 40.8 Å². The lowest BCUT2D eigenvalue weighted by molar-refractivity contribution is -0.148. The highest BCUT2D eigenvalue weighted by Crippen LogP contribution is 2.24. The van der Waals surface area contributed by atoms with Crippen LogP contribution >= 0.6 is 22.6 Å². The molecule has 6 nitrogen and oxygen atoms in total. The molecule has 0 aliphatic rings. The Hall–Kier alpha value is -1.08. The summed E-state index contributed by atoms with van der Waals surface area (Å²) in [4.78, 5) is 11.7. The fourth-order valence-electron chi connectivity index (χ4n) is 1.35. The number of aromatic hydroxyl groups is 1. The first-order chi connectivity index (χ1) is 9.40. The van der Waals surface area contributed by atoms with E-state index in [-0.39, 0.29) is 0 Å². The minimum absolute atomic E-state index is 0.438. The van der Waals surface area contributed by atoms with Crippen LogP contribution in [0.15, 0.2) is 18.2 Å². The number of halogens is 4. The largest absolute Gasteiger partial charge is 0.507 e. The summed E-state index contributed by atoms with van der Waals surface area (Å²) in [7, 11) is -4.95. The summed E-state index contributed by atoms with van der Waals surface area (Å²) in [5.74, 6) is -3.58. The maximum absolute atomic E-state index is 12.7. The van der Waals surface area contributed by atoms with Gasteiger partial charge in [0.1, 0.15) is 17.5 Å². The third kappa shape index (κ3) is 5.67. The number of benzene rings is 1. The quantitative estimate of drug-likeness (QED) is 0.488. The van der Waals surface area contributed by atoms with Crippen LogP contribution in [-0.4, -0.2) is 42.0 Å². The third-order valence-electron chi connectivity index (χ3n) is 2.28. The van der Waals surface area contributed by atoms with Crippen molar-refractivity contribution in [1.82, 2.24) is 5.32 Å². The van der Waals surface area contributed by atoms with E-state index in [0.29, 0.717) is 3.57 Å². The molecule has 118 valence electrons. The van der Waals surface area contributed by atoms with Crippen LogP contribution in [-0.2, 0) is 10.1 Å². The summed E-state index contributed by atoms with van der Waals surface area (Å²) in [6.07, 6.45) is -5.08. The van der Waals surface area contributed by atoms with Gasteiger partial charge in [0.15, 0.2) is 0 Å². The number of alkyl halides is 3. The molecule has 3 N–H and O–H groups in total. The van der Waals surface area contributed by atoms with Gasteiger partial charge in [-0.25, -0.2) is 0 Å². The van der Waals surface area contributed by atoms with Crippen LogP contribution < -0.4 is 5.32 Å². The number of carbonyl (C=O) groups is 1. The summed E-state index contributed by atoms with van der Waals surface area (Å²) in [6.45, 7) is 0. The second-order valence-corrected chi connectivity index (χ2v) is 6.72. The van der Waals surface area contributed by atoms with Crippen LogP contribution in [0.4, 0.5) is 13.2 Å². The van der Waals surface area contributed by atoms with E-state index in [4.69, 9.17) is 4.55 Å². The fourth-order valence-corrected chi connectivity index (χ4v) is 2.54. The Morgan fingerprint density at radius 2 is 1.95 bits per heavy atom. The molecule has 0 bridgehead atoms. The van der Waals surface area contributed by atoms with Gasteiger partial charge >= 0.3 is 6.18 Å². The molecule has 1 rings (SSSR count). The van der Waals surface area contributed by atoms with E-state index in [1.54, 1.807) is 22.6 Å². The maximum atomic E-state index is 12.7. The van der Waals surface area contributed by atoms with Crippen molar-refractivity contribution < 1.29 is 36.0 Å². The van der Waals surface area contributed by atoms with Crippen molar-refractivity contribution in [2.45, 2.75) is 12.2 Å². The van der Waals surface area contributed by atoms with Gasteiger partial charge in [-0.3, -0.25) is 9.35 Å². The molecule has 0 aromatic heterocycles. The number of hydrogen-bond donors (Lipinski definition) is 3. The van der Waals surface area contributed by atoms with Gasteiger partial charge < -0.3 is 10.4 Å². The van der Waals surface area contributed by atoms with Gasteiger partial charge in [0, 0.05) is 3.57 Å². The average molecular weight is 439 g/mol. The van der Waals surface area contributed by atoms with Crippen LogP contribution in [0.1, 0.15) is 10.4 Å². The average Bonchev–Trinajstić information content (AvgIpc) is 2.28. The first-order valence-electron chi connectivity index (χ1n) is 5.21. The number of hydrogen-bond acceptors (Lipinski definition) is 4. The molecule has 0 saturated carbocycles. The van der Waals surface area contributed by atoms with E-state index in [9.17, 15) is 31.5 Å². The Bertz CT molecular complexity index is 647. The fraction of sp³-hybridized carbons (Fsp3) is 0.300. The number of phenols is 1. The zero-order chi connectivity index (χ0) is 16.4. The number of amides is 1. The Morgan fingerprint density at radius 1 is 1.38 bits per heavy atom. The summed E-state index contributed by atoms with van der Waals surface area (Å²) >= 11 is 1.78. The molecule has 0 spiro atoms. The maximum Gasteiger partial charge on any atom is 0.409 e. The predicted molar refractivity (Wildman–Crippen MR) is 74.5 cm³/mol. The molecule has 0 radical (unpaired) electrons. The highest BCUT2D eigenvalue weighted by atomic mass is 127. The van der Waals surface area contributed by atoms with Crippen LogP contribution in [0, 0.1) is 3.57 Å². The molecule has 1 atom stereocenters. The minimum Gasteiger partial charge on any atom is -0.507 e. The molecule has 1 amide bonds. The van der Waals surface area contributed by atoms with Crippen molar-refractivity contribution in [2.24, 2.45) is 0 Å². The van der Waals surface area contributed by atoms with Gasteiger partial charge in [0.2, 0.25) is 0 Å². The molecular formula is C10H9F3INO5S. The van der Waals surface area contributed by atoms with Crippen LogP contribution in [0.3, 0.4) is 0 Å². The standard InChI is InChI=1S/C10H9F3INO5S/c11-10(12,13)8(4-21(18,19)20)15-9(17)6-3-5(14)1-2-7(6)16/h1-3,8,16H,4H2,(H,15,17)(H,18,19,20). The summed E-state index contributed by atoms with van der Waals surface area (Å²) in [5, 5.41) is 10.9. The lowest BCUT2D eigenvalue weighted by Crippen LogP contribution is -2.49. The zero-order valence-corrected chi connectivity index (χ0v) is 13.0. The Balaban J connectivity index is 3.03. The van der Waals surface area contributed by atoms with Crippen LogP contribution in [0.5, 0.6) is 5.75 Å². The van der Waals surface area contributed by atoms with Crippen LogP contribution in [0.2, 0.25) is 0 Å². The van der Waals surface area contributed by atoms with E-state index < -0.39 is 45.3 Å². The monoisotopic (exact) mass is 439 g/mol. The molecular weight excluding hydrogens is 430 g/mol. The van der Waals surface area contributed by atoms with Crippen molar-refractivity contribution in [2.75, 3.05) is 5.75 Å². The van der Waals surface area contributed by atoms with Crippen molar-refractivity contribution >= 4 is 38.6 Å². The zero-order valence-electron chi connectivity index (χ0n) is 10.1. The van der Waals surface area contributed by atoms with Crippen molar-refractivity contribution in [3.8, 4) is 5.75 Å². The summed E-state index contributed by atoms with van der Waals surface area (Å²) in [6, 6.07) is 0.873. The molecule has 0 saturated heterocycles. The SMILES string of the molecule is O=C(NC(CS(=O)(=O)O)C(F)(F)F)c1cc(I)ccc1O. The normalized spacial score (nSPS) is 13.8. The molecule has 0 heterocycles. The van der Waals surface area contributed by atoms with Gasteiger partial charge in [0.05, 0.1) is 5.56 Å². The summed E-state index contributed by atoms with van der Waals surface area (Å²) in [5.41, 5.74) is -0.438. The van der Waals surface area contributed by atoms with Crippen LogP contribution in [0.25, 0.3) is 0 Å². The van der Waals surface area contributed by atoms with E-state index in [1.807, 2.05) is 0 Å². The van der Waals surface area contributed by atoms with Gasteiger partial charge in [-0.15, -0.1) is 0 Å². The molecule has 11 heteroatoms. The molecule has 1 unspecified atom stereocenters. The van der Waals surface area contributed by atoms with E-state index in [2.05, 4.69) is 0 Å². The molecule has 1 aromatic rings. The topological polar surface area (TPSA) is 104 Å². The van der Waals surface area contributed by atoms with E-state index in [1.165, 1.54) is 11.4 Å². The third-order valence-corrected chi connectivity index (χ3v) is 3.71. The number of rotatable bonds is 4. The second-order valence-electron chi connectivity index (χ2n) is 3.98. The smallest absolute Gasteiger partial charge is 0.409 e. The Kier molecular flexibility index (Phi) is 5.44. The first kappa shape index (κ1) is 18.0. The van der Waals surface area contributed by atoms with Crippen molar-refractivity contribution in [3.05, 3.63) is 27.3 Å². The molecule has 0 aliphatic heterocycles. The van der Waals surface area contributed by atoms with Crippen molar-refractivity contribution in [1.29, 1.82) is 0 Å². The van der Waals surface area contributed by atoms with E-state index >= 15 is 0 Å². The van der Waals surface area contributed by atoms with E-state index in [0.717, 1.165) is 12.1 Å². The number of phenolic OH excluding ortho intramolecular Hbond substituents is 1. The molecule has 21 heavy (non-hydrogen) atoms. The molecule has 1 aromatic carbocycles.